The summed E-state index contributed by atoms with van der Waals surface area (Å²) in [6.07, 6.45) is 2.08. The summed E-state index contributed by atoms with van der Waals surface area (Å²) >= 11 is 1.48. The molecule has 0 bridgehead atoms. The number of carbonyl (C=O) groups excluding carboxylic acids is 1. The molecule has 1 aromatic rings. The fourth-order valence-corrected chi connectivity index (χ4v) is 2.49. The number of urea groups is 1. The van der Waals surface area contributed by atoms with Crippen molar-refractivity contribution in [2.45, 2.75) is 39.2 Å². The Hall–Kier alpha value is -1.07. The number of hydrogen-bond acceptors (Lipinski definition) is 3. The molecule has 1 rings (SSSR count). The van der Waals surface area contributed by atoms with Crippen molar-refractivity contribution in [2.24, 2.45) is 5.92 Å². The standard InChI is InChI=1S/C14H24N2O2S/c1-11(2)6-4-8-15-13(17)16-10-14(3,18)12-7-5-9-19-12/h5,7,9,11,18H,4,6,8,10H2,1-3H3,(H2,15,16,17). The molecule has 0 radical (unpaired) electrons. The van der Waals surface area contributed by atoms with E-state index >= 15 is 0 Å². The smallest absolute Gasteiger partial charge is 0.314 e. The molecular weight excluding hydrogens is 260 g/mol. The van der Waals surface area contributed by atoms with Gasteiger partial charge in [-0.2, -0.15) is 0 Å². The molecule has 4 nitrogen and oxygen atoms in total. The summed E-state index contributed by atoms with van der Waals surface area (Å²) in [5, 5.41) is 17.7. The highest BCUT2D eigenvalue weighted by Gasteiger charge is 2.24. The van der Waals surface area contributed by atoms with Crippen LogP contribution in [0.15, 0.2) is 17.5 Å². The molecule has 2 amide bonds. The number of nitrogens with one attached hydrogen (secondary N) is 2. The Bertz CT molecular complexity index is 375. The van der Waals surface area contributed by atoms with Crippen LogP contribution in [-0.4, -0.2) is 24.2 Å². The van der Waals surface area contributed by atoms with E-state index in [4.69, 9.17) is 0 Å². The quantitative estimate of drug-likeness (QED) is 0.674. The molecule has 1 heterocycles. The molecule has 5 heteroatoms. The van der Waals surface area contributed by atoms with Gasteiger partial charge in [0.1, 0.15) is 5.60 Å². The number of thiophene rings is 1. The minimum absolute atomic E-state index is 0.212. The first-order valence-corrected chi connectivity index (χ1v) is 7.58. The summed E-state index contributed by atoms with van der Waals surface area (Å²) in [6, 6.07) is 3.54. The maximum atomic E-state index is 11.6. The van der Waals surface area contributed by atoms with E-state index in [-0.39, 0.29) is 12.6 Å². The van der Waals surface area contributed by atoms with Crippen molar-refractivity contribution >= 4 is 17.4 Å². The third kappa shape index (κ3) is 6.07. The second kappa shape index (κ2) is 7.50. The summed E-state index contributed by atoms with van der Waals surface area (Å²) in [7, 11) is 0. The zero-order chi connectivity index (χ0) is 14.3. The van der Waals surface area contributed by atoms with Crippen molar-refractivity contribution in [3.63, 3.8) is 0 Å². The maximum Gasteiger partial charge on any atom is 0.314 e. The van der Waals surface area contributed by atoms with Gasteiger partial charge >= 0.3 is 6.03 Å². The van der Waals surface area contributed by atoms with Crippen LogP contribution in [0.1, 0.15) is 38.5 Å². The lowest BCUT2D eigenvalue weighted by atomic mass is 10.1. The monoisotopic (exact) mass is 284 g/mol. The molecule has 0 spiro atoms. The zero-order valence-corrected chi connectivity index (χ0v) is 12.7. The minimum atomic E-state index is -1.01. The summed E-state index contributed by atoms with van der Waals surface area (Å²) in [4.78, 5) is 12.4. The van der Waals surface area contributed by atoms with Gasteiger partial charge in [-0.05, 0) is 37.1 Å². The highest BCUT2D eigenvalue weighted by Crippen LogP contribution is 2.24. The maximum absolute atomic E-state index is 11.6. The Morgan fingerprint density at radius 1 is 1.47 bits per heavy atom. The summed E-state index contributed by atoms with van der Waals surface area (Å²) in [6.45, 7) is 6.92. The van der Waals surface area contributed by atoms with Crippen LogP contribution in [0.25, 0.3) is 0 Å². The van der Waals surface area contributed by atoms with Crippen LogP contribution in [0.5, 0.6) is 0 Å². The molecule has 0 aliphatic heterocycles. The lowest BCUT2D eigenvalue weighted by Gasteiger charge is -2.22. The molecule has 1 atom stereocenters. The largest absolute Gasteiger partial charge is 0.383 e. The SMILES string of the molecule is CC(C)CCCNC(=O)NCC(C)(O)c1cccs1. The van der Waals surface area contributed by atoms with Crippen LogP contribution in [0.2, 0.25) is 0 Å². The topological polar surface area (TPSA) is 61.4 Å². The lowest BCUT2D eigenvalue weighted by molar-refractivity contribution is 0.0631. The molecule has 0 aromatic carbocycles. The Morgan fingerprint density at radius 2 is 2.21 bits per heavy atom. The normalized spacial score (nSPS) is 14.2. The van der Waals surface area contributed by atoms with Crippen molar-refractivity contribution in [3.8, 4) is 0 Å². The van der Waals surface area contributed by atoms with E-state index in [1.54, 1.807) is 6.92 Å². The van der Waals surface area contributed by atoms with Crippen LogP contribution < -0.4 is 10.6 Å². The Kier molecular flexibility index (Phi) is 6.31. The first-order chi connectivity index (χ1) is 8.92. The zero-order valence-electron chi connectivity index (χ0n) is 11.9. The van der Waals surface area contributed by atoms with E-state index in [2.05, 4.69) is 24.5 Å². The molecule has 0 aliphatic carbocycles. The summed E-state index contributed by atoms with van der Waals surface area (Å²) in [5.74, 6) is 0.657. The average molecular weight is 284 g/mol. The molecular formula is C14H24N2O2S. The van der Waals surface area contributed by atoms with Crippen molar-refractivity contribution in [3.05, 3.63) is 22.4 Å². The Labute approximate surface area is 119 Å². The van der Waals surface area contributed by atoms with Gasteiger partial charge in [-0.25, -0.2) is 4.79 Å². The van der Waals surface area contributed by atoms with Gasteiger partial charge in [0.15, 0.2) is 0 Å². The molecule has 1 aromatic heterocycles. The van der Waals surface area contributed by atoms with Gasteiger partial charge in [0.2, 0.25) is 0 Å². The number of hydrogen-bond donors (Lipinski definition) is 3. The van der Waals surface area contributed by atoms with Crippen molar-refractivity contribution in [1.82, 2.24) is 10.6 Å². The van der Waals surface area contributed by atoms with Gasteiger partial charge in [0, 0.05) is 11.4 Å². The van der Waals surface area contributed by atoms with Gasteiger partial charge in [-0.15, -0.1) is 11.3 Å². The number of carbonyl (C=O) groups is 1. The van der Waals surface area contributed by atoms with Crippen LogP contribution >= 0.6 is 11.3 Å². The second-order valence-electron chi connectivity index (χ2n) is 5.40. The van der Waals surface area contributed by atoms with E-state index in [9.17, 15) is 9.90 Å². The van der Waals surface area contributed by atoms with Gasteiger partial charge < -0.3 is 15.7 Å². The fourth-order valence-electron chi connectivity index (χ4n) is 1.70. The highest BCUT2D eigenvalue weighted by molar-refractivity contribution is 7.10. The highest BCUT2D eigenvalue weighted by atomic mass is 32.1. The second-order valence-corrected chi connectivity index (χ2v) is 6.34. The molecule has 0 saturated carbocycles. The van der Waals surface area contributed by atoms with Gasteiger partial charge in [0.05, 0.1) is 6.54 Å². The van der Waals surface area contributed by atoms with Crippen LogP contribution in [0, 0.1) is 5.92 Å². The van der Waals surface area contributed by atoms with Crippen LogP contribution in [0.3, 0.4) is 0 Å². The molecule has 1 unspecified atom stereocenters. The average Bonchev–Trinajstić information content (AvgIpc) is 2.86. The van der Waals surface area contributed by atoms with Crippen LogP contribution in [-0.2, 0) is 5.60 Å². The van der Waals surface area contributed by atoms with E-state index in [1.165, 1.54) is 11.3 Å². The van der Waals surface area contributed by atoms with Crippen LogP contribution in [0.4, 0.5) is 4.79 Å². The predicted octanol–water partition coefficient (Wildman–Crippen LogP) is 2.69. The molecule has 0 saturated heterocycles. The molecule has 0 fully saturated rings. The van der Waals surface area contributed by atoms with E-state index in [0.717, 1.165) is 17.7 Å². The first-order valence-electron chi connectivity index (χ1n) is 6.70. The summed E-state index contributed by atoms with van der Waals surface area (Å²) in [5.41, 5.74) is -1.01. The molecule has 108 valence electrons. The number of amides is 2. The molecule has 3 N–H and O–H groups in total. The Balaban J connectivity index is 2.23. The van der Waals surface area contributed by atoms with E-state index in [1.807, 2.05) is 17.5 Å². The van der Waals surface area contributed by atoms with Crippen molar-refractivity contribution in [1.29, 1.82) is 0 Å². The number of rotatable bonds is 7. The lowest BCUT2D eigenvalue weighted by Crippen LogP contribution is -2.43. The molecule has 19 heavy (non-hydrogen) atoms. The minimum Gasteiger partial charge on any atom is -0.383 e. The Morgan fingerprint density at radius 3 is 2.79 bits per heavy atom. The van der Waals surface area contributed by atoms with Crippen molar-refractivity contribution < 1.29 is 9.90 Å². The van der Waals surface area contributed by atoms with Crippen molar-refractivity contribution in [2.75, 3.05) is 13.1 Å². The predicted molar refractivity (Wildman–Crippen MR) is 79.4 cm³/mol. The first kappa shape index (κ1) is 16.0. The van der Waals surface area contributed by atoms with E-state index < -0.39 is 5.60 Å². The number of aliphatic hydroxyl groups is 1. The van der Waals surface area contributed by atoms with Gasteiger partial charge in [-0.3, -0.25) is 0 Å². The third-order valence-electron chi connectivity index (χ3n) is 2.89. The third-order valence-corrected chi connectivity index (χ3v) is 4.01. The van der Waals surface area contributed by atoms with Gasteiger partial charge in [0.25, 0.3) is 0 Å². The summed E-state index contributed by atoms with van der Waals surface area (Å²) < 4.78 is 0. The van der Waals surface area contributed by atoms with E-state index in [0.29, 0.717) is 12.5 Å². The molecule has 0 aliphatic rings. The fraction of sp³-hybridized carbons (Fsp3) is 0.643. The van der Waals surface area contributed by atoms with Gasteiger partial charge in [-0.1, -0.05) is 19.9 Å².